The second-order valence-electron chi connectivity index (χ2n) is 4.39. The number of nitrogens with one attached hydrogen (secondary N) is 1. The van der Waals surface area contributed by atoms with Crippen LogP contribution in [0.1, 0.15) is 32.1 Å². The highest BCUT2D eigenvalue weighted by molar-refractivity contribution is 6.43. The molecule has 0 saturated heterocycles. The van der Waals surface area contributed by atoms with Crippen molar-refractivity contribution in [3.63, 3.8) is 0 Å². The van der Waals surface area contributed by atoms with E-state index in [1.54, 1.807) is 18.2 Å². The summed E-state index contributed by atoms with van der Waals surface area (Å²) in [4.78, 5) is 11.7. The normalized spacial score (nSPS) is 16.3. The Hall–Kier alpha value is -0.930. The van der Waals surface area contributed by atoms with E-state index >= 15 is 0 Å². The maximum absolute atomic E-state index is 11.7. The summed E-state index contributed by atoms with van der Waals surface area (Å²) in [5.74, 6) is 0. The minimum Gasteiger partial charge on any atom is -0.446 e. The molecule has 1 fully saturated rings. The number of carbonyl (C=O) groups excluding carboxylic acids is 1. The number of halogens is 2. The van der Waals surface area contributed by atoms with Crippen LogP contribution in [0, 0.1) is 0 Å². The van der Waals surface area contributed by atoms with Gasteiger partial charge in [0.15, 0.2) is 0 Å². The van der Waals surface area contributed by atoms with E-state index in [2.05, 4.69) is 5.32 Å². The molecule has 0 unspecified atom stereocenters. The van der Waals surface area contributed by atoms with Gasteiger partial charge in [0.2, 0.25) is 0 Å². The first-order valence-electron chi connectivity index (χ1n) is 6.08. The molecule has 1 saturated carbocycles. The van der Waals surface area contributed by atoms with Crippen molar-refractivity contribution in [1.29, 1.82) is 0 Å². The summed E-state index contributed by atoms with van der Waals surface area (Å²) in [6.07, 6.45) is 4.91. The van der Waals surface area contributed by atoms with Gasteiger partial charge in [-0.05, 0) is 37.8 Å². The Balaban J connectivity index is 1.92. The Morgan fingerprint density at radius 1 is 1.22 bits per heavy atom. The number of carbonyl (C=O) groups is 1. The highest BCUT2D eigenvalue weighted by Gasteiger charge is 2.18. The topological polar surface area (TPSA) is 38.3 Å². The minimum atomic E-state index is -0.467. The van der Waals surface area contributed by atoms with Crippen LogP contribution in [0.2, 0.25) is 10.0 Å². The maximum atomic E-state index is 11.7. The Morgan fingerprint density at radius 3 is 2.67 bits per heavy atom. The van der Waals surface area contributed by atoms with Gasteiger partial charge in [-0.25, -0.2) is 4.79 Å². The highest BCUT2D eigenvalue weighted by atomic mass is 35.5. The molecule has 0 aliphatic heterocycles. The zero-order chi connectivity index (χ0) is 13.0. The summed E-state index contributed by atoms with van der Waals surface area (Å²) in [5.41, 5.74) is 0.477. The van der Waals surface area contributed by atoms with Crippen molar-refractivity contribution < 1.29 is 9.53 Å². The van der Waals surface area contributed by atoms with Crippen LogP contribution in [0.3, 0.4) is 0 Å². The Kier molecular flexibility index (Phi) is 4.72. The second-order valence-corrected chi connectivity index (χ2v) is 5.18. The van der Waals surface area contributed by atoms with Gasteiger partial charge >= 0.3 is 6.09 Å². The van der Waals surface area contributed by atoms with Gasteiger partial charge in [-0.2, -0.15) is 0 Å². The average Bonchev–Trinajstić information content (AvgIpc) is 2.36. The summed E-state index contributed by atoms with van der Waals surface area (Å²) in [6, 6.07) is 5.09. The molecule has 1 aromatic carbocycles. The Morgan fingerprint density at radius 2 is 1.94 bits per heavy atom. The lowest BCUT2D eigenvalue weighted by Gasteiger charge is -2.22. The molecule has 1 aliphatic carbocycles. The fourth-order valence-electron chi connectivity index (χ4n) is 2.07. The number of hydrogen-bond donors (Lipinski definition) is 1. The van der Waals surface area contributed by atoms with E-state index in [1.807, 2.05) is 0 Å². The Bertz CT molecular complexity index is 431. The van der Waals surface area contributed by atoms with Gasteiger partial charge in [-0.1, -0.05) is 35.7 Å². The molecule has 1 amide bonds. The van der Waals surface area contributed by atoms with E-state index in [9.17, 15) is 4.79 Å². The molecule has 0 aromatic heterocycles. The number of rotatable bonds is 2. The van der Waals surface area contributed by atoms with Crippen LogP contribution in [0.15, 0.2) is 18.2 Å². The van der Waals surface area contributed by atoms with Gasteiger partial charge in [0, 0.05) is 0 Å². The van der Waals surface area contributed by atoms with Gasteiger partial charge in [-0.3, -0.25) is 5.32 Å². The lowest BCUT2D eigenvalue weighted by Crippen LogP contribution is -2.24. The summed E-state index contributed by atoms with van der Waals surface area (Å²) < 4.78 is 5.34. The van der Waals surface area contributed by atoms with Gasteiger partial charge in [0.1, 0.15) is 6.10 Å². The molecule has 0 spiro atoms. The molecule has 2 rings (SSSR count). The zero-order valence-corrected chi connectivity index (χ0v) is 11.4. The van der Waals surface area contributed by atoms with E-state index in [0.29, 0.717) is 15.7 Å². The lowest BCUT2D eigenvalue weighted by molar-refractivity contribution is 0.0865. The number of hydrogen-bond acceptors (Lipinski definition) is 2. The first-order chi connectivity index (χ1) is 8.66. The smallest absolute Gasteiger partial charge is 0.411 e. The fourth-order valence-corrected chi connectivity index (χ4v) is 2.42. The van der Waals surface area contributed by atoms with E-state index < -0.39 is 6.09 Å². The zero-order valence-electron chi connectivity index (χ0n) is 9.92. The molecule has 0 bridgehead atoms. The van der Waals surface area contributed by atoms with Crippen molar-refractivity contribution in [2.24, 2.45) is 0 Å². The quantitative estimate of drug-likeness (QED) is 0.842. The van der Waals surface area contributed by atoms with Crippen LogP contribution in [0.5, 0.6) is 0 Å². The van der Waals surface area contributed by atoms with Gasteiger partial charge < -0.3 is 4.74 Å². The molecular weight excluding hydrogens is 273 g/mol. The monoisotopic (exact) mass is 287 g/mol. The third-order valence-electron chi connectivity index (χ3n) is 3.01. The Labute approximate surface area is 116 Å². The van der Waals surface area contributed by atoms with Crippen LogP contribution in [0.25, 0.3) is 0 Å². The largest absolute Gasteiger partial charge is 0.446 e. The van der Waals surface area contributed by atoms with E-state index in [-0.39, 0.29) is 6.10 Å². The van der Waals surface area contributed by atoms with Crippen LogP contribution in [0.4, 0.5) is 10.5 Å². The number of benzene rings is 1. The second kappa shape index (κ2) is 6.30. The molecule has 18 heavy (non-hydrogen) atoms. The van der Waals surface area contributed by atoms with E-state index in [0.717, 1.165) is 25.7 Å². The lowest BCUT2D eigenvalue weighted by atomic mass is 9.98. The molecule has 0 atom stereocenters. The predicted molar refractivity (Wildman–Crippen MR) is 73.4 cm³/mol. The molecule has 1 aromatic rings. The van der Waals surface area contributed by atoms with Crippen molar-refractivity contribution >= 4 is 35.0 Å². The van der Waals surface area contributed by atoms with Crippen LogP contribution in [-0.4, -0.2) is 12.2 Å². The third-order valence-corrected chi connectivity index (χ3v) is 3.83. The molecule has 0 radical (unpaired) electrons. The van der Waals surface area contributed by atoms with E-state index in [1.165, 1.54) is 6.42 Å². The van der Waals surface area contributed by atoms with Gasteiger partial charge in [0.05, 0.1) is 15.7 Å². The van der Waals surface area contributed by atoms with Crippen LogP contribution >= 0.6 is 23.2 Å². The SMILES string of the molecule is O=C(Nc1cccc(Cl)c1Cl)OC1CCCCC1. The number of anilines is 1. The highest BCUT2D eigenvalue weighted by Crippen LogP contribution is 2.30. The number of ether oxygens (including phenoxy) is 1. The maximum Gasteiger partial charge on any atom is 0.411 e. The van der Waals surface area contributed by atoms with Gasteiger partial charge in [0.25, 0.3) is 0 Å². The number of amides is 1. The molecule has 1 N–H and O–H groups in total. The summed E-state index contributed by atoms with van der Waals surface area (Å²) in [6.45, 7) is 0. The van der Waals surface area contributed by atoms with Crippen molar-refractivity contribution in [2.45, 2.75) is 38.2 Å². The minimum absolute atomic E-state index is 0.0247. The van der Waals surface area contributed by atoms with Crippen LogP contribution in [-0.2, 0) is 4.74 Å². The standard InChI is InChI=1S/C13H15Cl2NO2/c14-10-7-4-8-11(12(10)15)16-13(17)18-9-5-2-1-3-6-9/h4,7-9H,1-3,5-6H2,(H,16,17). The summed E-state index contributed by atoms with van der Waals surface area (Å²) in [7, 11) is 0. The molecule has 5 heteroatoms. The van der Waals surface area contributed by atoms with Crippen molar-refractivity contribution in [1.82, 2.24) is 0 Å². The van der Waals surface area contributed by atoms with E-state index in [4.69, 9.17) is 27.9 Å². The van der Waals surface area contributed by atoms with Crippen molar-refractivity contribution in [3.8, 4) is 0 Å². The first kappa shape index (κ1) is 13.5. The fraction of sp³-hybridized carbons (Fsp3) is 0.462. The summed E-state index contributed by atoms with van der Waals surface area (Å²) >= 11 is 11.8. The van der Waals surface area contributed by atoms with Crippen LogP contribution < -0.4 is 5.32 Å². The van der Waals surface area contributed by atoms with Gasteiger partial charge in [-0.15, -0.1) is 0 Å². The summed E-state index contributed by atoms with van der Waals surface area (Å²) in [5, 5.41) is 3.36. The first-order valence-corrected chi connectivity index (χ1v) is 6.84. The molecule has 1 aliphatic rings. The predicted octanol–water partition coefficient (Wildman–Crippen LogP) is 4.87. The van der Waals surface area contributed by atoms with Crippen molar-refractivity contribution in [2.75, 3.05) is 5.32 Å². The molecule has 0 heterocycles. The average molecular weight is 288 g/mol. The molecule has 3 nitrogen and oxygen atoms in total. The third kappa shape index (κ3) is 3.53. The van der Waals surface area contributed by atoms with Crippen molar-refractivity contribution in [3.05, 3.63) is 28.2 Å². The molecule has 98 valence electrons. The molecular formula is C13H15Cl2NO2.